The number of rotatable bonds is 4. The maximum absolute atomic E-state index is 13.5. The molecule has 1 amide bonds. The van der Waals surface area contributed by atoms with Gasteiger partial charge in [0.2, 0.25) is 0 Å². The molecule has 0 aromatic heterocycles. The Balaban J connectivity index is 2.21. The summed E-state index contributed by atoms with van der Waals surface area (Å²) in [5.41, 5.74) is 0.331. The first-order chi connectivity index (χ1) is 10.3. The van der Waals surface area contributed by atoms with Crippen LogP contribution in [-0.4, -0.2) is 19.6 Å². The summed E-state index contributed by atoms with van der Waals surface area (Å²) in [5, 5.41) is 1.91. The molecule has 0 unspecified atom stereocenters. The van der Waals surface area contributed by atoms with Gasteiger partial charge in [-0.05, 0) is 50.2 Å². The van der Waals surface area contributed by atoms with Crippen molar-refractivity contribution in [2.75, 3.05) is 5.32 Å². The fourth-order valence-electron chi connectivity index (χ4n) is 1.83. The van der Waals surface area contributed by atoms with Gasteiger partial charge in [0.25, 0.3) is 5.91 Å². The van der Waals surface area contributed by atoms with Gasteiger partial charge in [-0.3, -0.25) is 4.79 Å². The number of para-hydroxylation sites is 1. The minimum absolute atomic E-state index is 0.0754. The number of hydrogen-bond acceptors (Lipinski definition) is 3. The molecule has 6 heteroatoms. The Kier molecular flexibility index (Phi) is 4.61. The van der Waals surface area contributed by atoms with E-state index in [4.69, 9.17) is 0 Å². The minimum atomic E-state index is -3.38. The second-order valence-electron chi connectivity index (χ2n) is 5.05. The number of carbonyl (C=O) groups is 1. The first kappa shape index (κ1) is 16.2. The zero-order chi connectivity index (χ0) is 16.3. The van der Waals surface area contributed by atoms with Crippen molar-refractivity contribution >= 4 is 21.4 Å². The number of sulfone groups is 1. The number of amides is 1. The molecule has 0 saturated carbocycles. The summed E-state index contributed by atoms with van der Waals surface area (Å²) in [7, 11) is -3.38. The molecule has 116 valence electrons. The normalized spacial score (nSPS) is 11.5. The molecule has 0 aliphatic carbocycles. The molecule has 0 heterocycles. The molecule has 0 bridgehead atoms. The summed E-state index contributed by atoms with van der Waals surface area (Å²) in [6.45, 7) is 3.18. The summed E-state index contributed by atoms with van der Waals surface area (Å²) >= 11 is 0. The average molecular weight is 321 g/mol. The van der Waals surface area contributed by atoms with Crippen LogP contribution in [-0.2, 0) is 9.84 Å². The topological polar surface area (TPSA) is 63.2 Å². The first-order valence-electron chi connectivity index (χ1n) is 6.72. The van der Waals surface area contributed by atoms with Crippen LogP contribution in [0.5, 0.6) is 0 Å². The summed E-state index contributed by atoms with van der Waals surface area (Å²) in [4.78, 5) is 12.2. The van der Waals surface area contributed by atoms with Gasteiger partial charge in [0.05, 0.1) is 15.8 Å². The molecule has 0 aliphatic heterocycles. The van der Waals surface area contributed by atoms with Gasteiger partial charge in [-0.2, -0.15) is 0 Å². The highest BCUT2D eigenvalue weighted by molar-refractivity contribution is 7.92. The van der Waals surface area contributed by atoms with Crippen LogP contribution >= 0.6 is 0 Å². The first-order valence-corrected chi connectivity index (χ1v) is 8.27. The summed E-state index contributed by atoms with van der Waals surface area (Å²) in [6.07, 6.45) is 0. The number of nitrogens with one attached hydrogen (secondary N) is 1. The molecule has 2 rings (SSSR count). The van der Waals surface area contributed by atoms with Crippen LogP contribution in [0.3, 0.4) is 0 Å². The van der Waals surface area contributed by atoms with Crippen molar-refractivity contribution in [1.29, 1.82) is 0 Å². The van der Waals surface area contributed by atoms with Gasteiger partial charge in [-0.25, -0.2) is 12.8 Å². The van der Waals surface area contributed by atoms with E-state index < -0.39 is 26.8 Å². The smallest absolute Gasteiger partial charge is 0.255 e. The van der Waals surface area contributed by atoms with Crippen molar-refractivity contribution in [2.24, 2.45) is 0 Å². The lowest BCUT2D eigenvalue weighted by atomic mass is 10.2. The van der Waals surface area contributed by atoms with E-state index in [0.717, 1.165) is 0 Å². The van der Waals surface area contributed by atoms with Crippen molar-refractivity contribution in [3.05, 3.63) is 59.9 Å². The van der Waals surface area contributed by atoms with E-state index >= 15 is 0 Å². The lowest BCUT2D eigenvalue weighted by Crippen LogP contribution is -2.15. The van der Waals surface area contributed by atoms with E-state index in [2.05, 4.69) is 5.32 Å². The summed E-state index contributed by atoms with van der Waals surface area (Å²) < 4.78 is 37.5. The molecular weight excluding hydrogens is 305 g/mol. The van der Waals surface area contributed by atoms with Crippen LogP contribution in [0.15, 0.2) is 53.4 Å². The fourth-order valence-corrected chi connectivity index (χ4v) is 2.88. The van der Waals surface area contributed by atoms with Crippen molar-refractivity contribution in [3.8, 4) is 0 Å². The molecular formula is C16H16FNO3S. The van der Waals surface area contributed by atoms with Crippen molar-refractivity contribution in [3.63, 3.8) is 0 Å². The van der Waals surface area contributed by atoms with Gasteiger partial charge < -0.3 is 5.32 Å². The van der Waals surface area contributed by atoms with E-state index in [1.807, 2.05) is 0 Å². The summed E-state index contributed by atoms with van der Waals surface area (Å²) in [5.74, 6) is -1.03. The Morgan fingerprint density at radius 2 is 1.64 bits per heavy atom. The number of halogens is 1. The molecule has 2 aromatic rings. The zero-order valence-electron chi connectivity index (χ0n) is 12.2. The molecule has 22 heavy (non-hydrogen) atoms. The molecule has 4 nitrogen and oxygen atoms in total. The SMILES string of the molecule is CC(C)S(=O)(=O)c1ccc(C(=O)Nc2ccccc2F)cc1. The molecule has 2 aromatic carbocycles. The third-order valence-electron chi connectivity index (χ3n) is 3.19. The zero-order valence-corrected chi connectivity index (χ0v) is 13.0. The standard InChI is InChI=1S/C16H16FNO3S/c1-11(2)22(20,21)13-9-7-12(8-10-13)16(19)18-15-6-4-3-5-14(15)17/h3-11H,1-2H3,(H,18,19). The Labute approximate surface area is 128 Å². The predicted molar refractivity (Wildman–Crippen MR) is 83.1 cm³/mol. The second-order valence-corrected chi connectivity index (χ2v) is 7.56. The van der Waals surface area contributed by atoms with Crippen LogP contribution in [0, 0.1) is 5.82 Å². The highest BCUT2D eigenvalue weighted by Gasteiger charge is 2.19. The fraction of sp³-hybridized carbons (Fsp3) is 0.188. The molecule has 0 fully saturated rings. The molecule has 1 N–H and O–H groups in total. The molecule has 0 aliphatic rings. The van der Waals surface area contributed by atoms with E-state index in [-0.39, 0.29) is 16.1 Å². The Morgan fingerprint density at radius 1 is 1.05 bits per heavy atom. The maximum atomic E-state index is 13.5. The van der Waals surface area contributed by atoms with Crippen LogP contribution in [0.1, 0.15) is 24.2 Å². The number of benzene rings is 2. The second kappa shape index (κ2) is 6.27. The highest BCUT2D eigenvalue weighted by Crippen LogP contribution is 2.18. The van der Waals surface area contributed by atoms with Crippen molar-refractivity contribution in [1.82, 2.24) is 0 Å². The third kappa shape index (κ3) is 3.33. The van der Waals surface area contributed by atoms with Crippen molar-refractivity contribution < 1.29 is 17.6 Å². The van der Waals surface area contributed by atoms with Crippen LogP contribution in [0.25, 0.3) is 0 Å². The molecule has 0 atom stereocenters. The lowest BCUT2D eigenvalue weighted by molar-refractivity contribution is 0.102. The number of carbonyl (C=O) groups excluding carboxylic acids is 1. The van der Waals surface area contributed by atoms with Gasteiger partial charge in [-0.15, -0.1) is 0 Å². The van der Waals surface area contributed by atoms with Crippen molar-refractivity contribution in [2.45, 2.75) is 24.0 Å². The van der Waals surface area contributed by atoms with Crippen LogP contribution in [0.4, 0.5) is 10.1 Å². The predicted octanol–water partition coefficient (Wildman–Crippen LogP) is 3.26. The van der Waals surface area contributed by atoms with E-state index in [9.17, 15) is 17.6 Å². The Bertz CT molecular complexity index is 783. The molecule has 0 saturated heterocycles. The van der Waals surface area contributed by atoms with E-state index in [1.165, 1.54) is 42.5 Å². The lowest BCUT2D eigenvalue weighted by Gasteiger charge is -2.09. The Hall–Kier alpha value is -2.21. The quantitative estimate of drug-likeness (QED) is 0.940. The average Bonchev–Trinajstić information content (AvgIpc) is 2.49. The number of hydrogen-bond donors (Lipinski definition) is 1. The third-order valence-corrected chi connectivity index (χ3v) is 5.36. The molecule has 0 spiro atoms. The van der Waals surface area contributed by atoms with Gasteiger partial charge in [0.15, 0.2) is 9.84 Å². The van der Waals surface area contributed by atoms with Crippen LogP contribution < -0.4 is 5.32 Å². The number of anilines is 1. The minimum Gasteiger partial charge on any atom is -0.319 e. The maximum Gasteiger partial charge on any atom is 0.255 e. The summed E-state index contributed by atoms with van der Waals surface area (Å²) in [6, 6.07) is 11.4. The van der Waals surface area contributed by atoms with Gasteiger partial charge in [-0.1, -0.05) is 12.1 Å². The van der Waals surface area contributed by atoms with Gasteiger partial charge >= 0.3 is 0 Å². The van der Waals surface area contributed by atoms with E-state index in [1.54, 1.807) is 19.9 Å². The Morgan fingerprint density at radius 3 is 2.18 bits per heavy atom. The van der Waals surface area contributed by atoms with Crippen LogP contribution in [0.2, 0.25) is 0 Å². The van der Waals surface area contributed by atoms with Gasteiger partial charge in [0, 0.05) is 5.56 Å². The largest absolute Gasteiger partial charge is 0.319 e. The van der Waals surface area contributed by atoms with Gasteiger partial charge in [0.1, 0.15) is 5.82 Å². The van der Waals surface area contributed by atoms with E-state index in [0.29, 0.717) is 0 Å². The monoisotopic (exact) mass is 321 g/mol. The highest BCUT2D eigenvalue weighted by atomic mass is 32.2. The molecule has 0 radical (unpaired) electrons.